The van der Waals surface area contributed by atoms with E-state index >= 15 is 0 Å². The third kappa shape index (κ3) is 2.81. The number of rotatable bonds is 2. The van der Waals surface area contributed by atoms with Crippen LogP contribution in [-0.2, 0) is 9.16 Å². The van der Waals surface area contributed by atoms with Crippen molar-refractivity contribution in [3.8, 4) is 0 Å². The minimum absolute atomic E-state index is 0.168. The van der Waals surface area contributed by atoms with Crippen LogP contribution < -0.4 is 0 Å². The first-order valence-electron chi connectivity index (χ1n) is 5.60. The van der Waals surface area contributed by atoms with Gasteiger partial charge >= 0.3 is 0 Å². The Morgan fingerprint density at radius 3 is 2.27 bits per heavy atom. The van der Waals surface area contributed by atoms with Crippen LogP contribution in [0.15, 0.2) is 0 Å². The molecular formula is C11H24O3Si. The lowest BCUT2D eigenvalue weighted by Gasteiger charge is -2.40. The highest BCUT2D eigenvalue weighted by molar-refractivity contribution is 6.74. The SMILES string of the molecule is CC(C)(C)[Si](C)(C)O[C@H]1CCO[C@]1(C)O. The third-order valence-electron chi connectivity index (χ3n) is 3.61. The summed E-state index contributed by atoms with van der Waals surface area (Å²) in [5, 5.41) is 10.1. The molecule has 1 fully saturated rings. The summed E-state index contributed by atoms with van der Waals surface area (Å²) in [4.78, 5) is 0. The van der Waals surface area contributed by atoms with Crippen LogP contribution in [0.4, 0.5) is 0 Å². The van der Waals surface area contributed by atoms with Gasteiger partial charge in [-0.1, -0.05) is 20.8 Å². The number of aliphatic hydroxyl groups is 1. The molecule has 0 amide bonds. The van der Waals surface area contributed by atoms with Gasteiger partial charge in [-0.25, -0.2) is 0 Å². The molecule has 0 radical (unpaired) electrons. The molecule has 4 heteroatoms. The summed E-state index contributed by atoms with van der Waals surface area (Å²) < 4.78 is 11.4. The Bertz CT molecular complexity index is 230. The first kappa shape index (κ1) is 13.2. The maximum Gasteiger partial charge on any atom is 0.192 e. The first-order valence-corrected chi connectivity index (χ1v) is 8.51. The van der Waals surface area contributed by atoms with Gasteiger partial charge in [0.1, 0.15) is 6.10 Å². The van der Waals surface area contributed by atoms with Crippen molar-refractivity contribution in [1.29, 1.82) is 0 Å². The maximum absolute atomic E-state index is 9.96. The van der Waals surface area contributed by atoms with Gasteiger partial charge in [-0.2, -0.15) is 0 Å². The van der Waals surface area contributed by atoms with Crippen molar-refractivity contribution >= 4 is 8.32 Å². The highest BCUT2D eigenvalue weighted by Crippen LogP contribution is 2.40. The quantitative estimate of drug-likeness (QED) is 0.744. The molecule has 1 aliphatic rings. The minimum atomic E-state index is -1.80. The molecule has 0 bridgehead atoms. The topological polar surface area (TPSA) is 38.7 Å². The van der Waals surface area contributed by atoms with Gasteiger partial charge in [0.15, 0.2) is 14.1 Å². The Kier molecular flexibility index (Phi) is 3.37. The molecule has 0 saturated carbocycles. The lowest BCUT2D eigenvalue weighted by atomic mass is 10.2. The van der Waals surface area contributed by atoms with Gasteiger partial charge < -0.3 is 14.3 Å². The molecule has 90 valence electrons. The van der Waals surface area contributed by atoms with Crippen molar-refractivity contribution in [1.82, 2.24) is 0 Å². The molecule has 1 N–H and O–H groups in total. The van der Waals surface area contributed by atoms with Crippen molar-refractivity contribution < 1.29 is 14.3 Å². The molecule has 0 unspecified atom stereocenters. The van der Waals surface area contributed by atoms with E-state index in [2.05, 4.69) is 33.9 Å². The van der Waals surface area contributed by atoms with Gasteiger partial charge in [-0.15, -0.1) is 0 Å². The highest BCUT2D eigenvalue weighted by atomic mass is 28.4. The fourth-order valence-corrected chi connectivity index (χ4v) is 2.84. The zero-order chi connectivity index (χ0) is 11.9. The van der Waals surface area contributed by atoms with Crippen LogP contribution in [0.2, 0.25) is 18.1 Å². The van der Waals surface area contributed by atoms with Crippen molar-refractivity contribution in [3.63, 3.8) is 0 Å². The zero-order valence-corrected chi connectivity index (χ0v) is 11.8. The molecule has 2 atom stereocenters. The van der Waals surface area contributed by atoms with E-state index in [4.69, 9.17) is 9.16 Å². The van der Waals surface area contributed by atoms with Crippen molar-refractivity contribution in [3.05, 3.63) is 0 Å². The normalized spacial score (nSPS) is 33.4. The predicted octanol–water partition coefficient (Wildman–Crippen LogP) is 2.51. The van der Waals surface area contributed by atoms with E-state index in [0.29, 0.717) is 6.61 Å². The number of hydrogen-bond donors (Lipinski definition) is 1. The van der Waals surface area contributed by atoms with Gasteiger partial charge in [-0.05, 0) is 25.1 Å². The molecule has 0 aromatic heterocycles. The molecule has 1 saturated heterocycles. The number of ether oxygens (including phenoxy) is 1. The summed E-state index contributed by atoms with van der Waals surface area (Å²) in [6.07, 6.45) is 0.623. The van der Waals surface area contributed by atoms with E-state index in [1.165, 1.54) is 0 Å². The summed E-state index contributed by atoms with van der Waals surface area (Å²) in [5.74, 6) is -1.10. The molecule has 3 nitrogen and oxygen atoms in total. The van der Waals surface area contributed by atoms with Crippen LogP contribution in [0.3, 0.4) is 0 Å². The summed E-state index contributed by atoms with van der Waals surface area (Å²) in [7, 11) is -1.80. The lowest BCUT2D eigenvalue weighted by molar-refractivity contribution is -0.195. The van der Waals surface area contributed by atoms with Gasteiger partial charge in [0.05, 0.1) is 6.61 Å². The van der Waals surface area contributed by atoms with E-state index in [1.54, 1.807) is 6.92 Å². The van der Waals surface area contributed by atoms with Crippen LogP contribution in [0.1, 0.15) is 34.1 Å². The second kappa shape index (κ2) is 3.84. The van der Waals surface area contributed by atoms with E-state index in [0.717, 1.165) is 6.42 Å². The molecule has 0 aromatic rings. The molecule has 15 heavy (non-hydrogen) atoms. The smallest absolute Gasteiger partial charge is 0.192 e. The fourth-order valence-electron chi connectivity index (χ4n) is 1.43. The van der Waals surface area contributed by atoms with E-state index in [-0.39, 0.29) is 11.1 Å². The molecule has 0 spiro atoms. The molecule has 1 heterocycles. The van der Waals surface area contributed by atoms with E-state index < -0.39 is 14.1 Å². The average Bonchev–Trinajstić information content (AvgIpc) is 2.27. The van der Waals surface area contributed by atoms with Gasteiger partial charge in [0, 0.05) is 6.42 Å². The van der Waals surface area contributed by atoms with Crippen LogP contribution in [0.5, 0.6) is 0 Å². The summed E-state index contributed by atoms with van der Waals surface area (Å²) in [5.41, 5.74) is 0. The van der Waals surface area contributed by atoms with Crippen LogP contribution in [0, 0.1) is 0 Å². The molecular weight excluding hydrogens is 208 g/mol. The van der Waals surface area contributed by atoms with Crippen LogP contribution in [-0.4, -0.2) is 31.9 Å². The predicted molar refractivity (Wildman–Crippen MR) is 63.3 cm³/mol. The zero-order valence-electron chi connectivity index (χ0n) is 10.8. The van der Waals surface area contributed by atoms with Crippen molar-refractivity contribution in [2.75, 3.05) is 6.61 Å². The van der Waals surface area contributed by atoms with E-state index in [9.17, 15) is 5.11 Å². The molecule has 0 aliphatic carbocycles. The summed E-state index contributed by atoms with van der Waals surface area (Å²) >= 11 is 0. The Labute approximate surface area is 93.9 Å². The third-order valence-corrected chi connectivity index (χ3v) is 8.10. The first-order chi connectivity index (χ1) is 6.56. The highest BCUT2D eigenvalue weighted by Gasteiger charge is 2.46. The summed E-state index contributed by atoms with van der Waals surface area (Å²) in [6.45, 7) is 13.3. The Balaban J connectivity index is 2.70. The standard InChI is InChI=1S/C11H24O3Si/c1-10(2,3)15(5,6)14-9-7-8-13-11(9,4)12/h9,12H,7-8H2,1-6H3/t9-,11-/m0/s1. The van der Waals surface area contributed by atoms with Crippen LogP contribution >= 0.6 is 0 Å². The van der Waals surface area contributed by atoms with Gasteiger partial charge in [0.2, 0.25) is 0 Å². The van der Waals surface area contributed by atoms with Crippen LogP contribution in [0.25, 0.3) is 0 Å². The Morgan fingerprint density at radius 1 is 1.40 bits per heavy atom. The van der Waals surface area contributed by atoms with Gasteiger partial charge in [0.25, 0.3) is 0 Å². The van der Waals surface area contributed by atoms with Gasteiger partial charge in [-0.3, -0.25) is 0 Å². The second-order valence-corrected chi connectivity index (χ2v) is 10.8. The minimum Gasteiger partial charge on any atom is -0.408 e. The Morgan fingerprint density at radius 2 is 1.93 bits per heavy atom. The molecule has 0 aromatic carbocycles. The second-order valence-electron chi connectivity index (χ2n) is 6.06. The van der Waals surface area contributed by atoms with Crippen molar-refractivity contribution in [2.24, 2.45) is 0 Å². The average molecular weight is 232 g/mol. The summed E-state index contributed by atoms with van der Waals surface area (Å²) in [6, 6.07) is 0. The molecule has 1 rings (SSSR count). The number of hydrogen-bond acceptors (Lipinski definition) is 3. The monoisotopic (exact) mass is 232 g/mol. The Hall–Kier alpha value is 0.0969. The van der Waals surface area contributed by atoms with Crippen molar-refractivity contribution in [2.45, 2.75) is 64.1 Å². The lowest BCUT2D eigenvalue weighted by Crippen LogP contribution is -2.49. The largest absolute Gasteiger partial charge is 0.408 e. The molecule has 1 aliphatic heterocycles. The fraction of sp³-hybridized carbons (Fsp3) is 1.00. The van der Waals surface area contributed by atoms with E-state index in [1.807, 2.05) is 0 Å². The maximum atomic E-state index is 9.96.